The van der Waals surface area contributed by atoms with Crippen molar-refractivity contribution in [1.82, 2.24) is 4.98 Å². The number of benzene rings is 1. The van der Waals surface area contributed by atoms with Gasteiger partial charge >= 0.3 is 6.03 Å². The highest BCUT2D eigenvalue weighted by molar-refractivity contribution is 9.10. The normalized spacial score (nSPS) is 9.95. The zero-order chi connectivity index (χ0) is 14.5. The van der Waals surface area contributed by atoms with Gasteiger partial charge in [0.2, 0.25) is 0 Å². The van der Waals surface area contributed by atoms with Crippen LogP contribution in [0.3, 0.4) is 0 Å². The topological polar surface area (TPSA) is 63.2 Å². The molecular formula is C14H14BrN3O2. The molecular weight excluding hydrogens is 322 g/mol. The van der Waals surface area contributed by atoms with Gasteiger partial charge in [0.1, 0.15) is 10.4 Å². The third kappa shape index (κ3) is 3.71. The quantitative estimate of drug-likeness (QED) is 0.838. The second-order valence-corrected chi connectivity index (χ2v) is 4.89. The number of pyridine rings is 1. The summed E-state index contributed by atoms with van der Waals surface area (Å²) in [6.45, 7) is 1.83. The van der Waals surface area contributed by atoms with Gasteiger partial charge in [0.15, 0.2) is 0 Å². The van der Waals surface area contributed by atoms with Crippen LogP contribution in [-0.2, 0) is 0 Å². The lowest BCUT2D eigenvalue weighted by molar-refractivity contribution is 0.262. The van der Waals surface area contributed by atoms with Crippen molar-refractivity contribution in [2.45, 2.75) is 6.92 Å². The lowest BCUT2D eigenvalue weighted by atomic mass is 10.3. The molecule has 0 saturated heterocycles. The van der Waals surface area contributed by atoms with Crippen LogP contribution in [0.15, 0.2) is 41.0 Å². The molecule has 104 valence electrons. The van der Waals surface area contributed by atoms with Gasteiger partial charge in [-0.1, -0.05) is 0 Å². The summed E-state index contributed by atoms with van der Waals surface area (Å²) in [5, 5.41) is 5.49. The van der Waals surface area contributed by atoms with Gasteiger partial charge in [-0.25, -0.2) is 9.78 Å². The van der Waals surface area contributed by atoms with Crippen LogP contribution in [0.25, 0.3) is 0 Å². The Morgan fingerprint density at radius 1 is 1.15 bits per heavy atom. The summed E-state index contributed by atoms with van der Waals surface area (Å²) in [6, 6.07) is 10.3. The average Bonchev–Trinajstić information content (AvgIpc) is 2.43. The number of nitrogens with one attached hydrogen (secondary N) is 2. The fourth-order valence-corrected chi connectivity index (χ4v) is 2.02. The molecule has 2 rings (SSSR count). The minimum Gasteiger partial charge on any atom is -0.497 e. The van der Waals surface area contributed by atoms with Crippen LogP contribution in [-0.4, -0.2) is 18.1 Å². The number of carbonyl (C=O) groups is 1. The van der Waals surface area contributed by atoms with Crippen LogP contribution >= 0.6 is 15.9 Å². The van der Waals surface area contributed by atoms with Crippen molar-refractivity contribution in [3.63, 3.8) is 0 Å². The summed E-state index contributed by atoms with van der Waals surface area (Å²) in [7, 11) is 1.60. The molecule has 0 atom stereocenters. The summed E-state index contributed by atoms with van der Waals surface area (Å²) in [6.07, 6.45) is 0. The molecule has 1 aromatic carbocycles. The van der Waals surface area contributed by atoms with E-state index in [1.54, 1.807) is 43.5 Å². The molecule has 0 unspecified atom stereocenters. The second kappa shape index (κ2) is 6.38. The van der Waals surface area contributed by atoms with E-state index in [4.69, 9.17) is 4.74 Å². The third-order valence-electron chi connectivity index (χ3n) is 2.65. The van der Waals surface area contributed by atoms with Crippen LogP contribution in [0.5, 0.6) is 5.75 Å². The van der Waals surface area contributed by atoms with Gasteiger partial charge in [0.05, 0.1) is 18.5 Å². The van der Waals surface area contributed by atoms with Gasteiger partial charge in [-0.05, 0) is 59.3 Å². The number of hydrogen-bond donors (Lipinski definition) is 2. The summed E-state index contributed by atoms with van der Waals surface area (Å²) >= 11 is 3.28. The Kier molecular flexibility index (Phi) is 4.57. The highest BCUT2D eigenvalue weighted by Crippen LogP contribution is 2.18. The highest BCUT2D eigenvalue weighted by Gasteiger charge is 2.06. The van der Waals surface area contributed by atoms with Crippen molar-refractivity contribution in [1.29, 1.82) is 0 Å². The van der Waals surface area contributed by atoms with E-state index in [1.165, 1.54) is 0 Å². The maximum atomic E-state index is 11.9. The molecule has 0 aliphatic heterocycles. The molecule has 6 heteroatoms. The standard InChI is InChI=1S/C14H14BrN3O2/c1-9-12(7-8-13(15)16-9)18-14(19)17-10-3-5-11(20-2)6-4-10/h3-8H,1-2H3,(H2,17,18,19). The van der Waals surface area contributed by atoms with E-state index >= 15 is 0 Å². The molecule has 2 aromatic rings. The van der Waals surface area contributed by atoms with E-state index in [0.29, 0.717) is 11.4 Å². The van der Waals surface area contributed by atoms with Gasteiger partial charge < -0.3 is 15.4 Å². The summed E-state index contributed by atoms with van der Waals surface area (Å²) in [5.41, 5.74) is 2.09. The Bertz CT molecular complexity index is 614. The molecule has 5 nitrogen and oxygen atoms in total. The Morgan fingerprint density at radius 3 is 2.45 bits per heavy atom. The molecule has 0 aliphatic carbocycles. The van der Waals surface area contributed by atoms with Gasteiger partial charge in [0.25, 0.3) is 0 Å². The Balaban J connectivity index is 2.01. The molecule has 0 radical (unpaired) electrons. The molecule has 2 N–H and O–H groups in total. The van der Waals surface area contributed by atoms with Gasteiger partial charge in [-0.2, -0.15) is 0 Å². The molecule has 20 heavy (non-hydrogen) atoms. The van der Waals surface area contributed by atoms with Gasteiger partial charge in [-0.3, -0.25) is 0 Å². The van der Waals surface area contributed by atoms with Crippen LogP contribution < -0.4 is 15.4 Å². The second-order valence-electron chi connectivity index (χ2n) is 4.07. The fraction of sp³-hybridized carbons (Fsp3) is 0.143. The first kappa shape index (κ1) is 14.3. The van der Waals surface area contributed by atoms with E-state index < -0.39 is 0 Å². The molecule has 0 saturated carbocycles. The van der Waals surface area contributed by atoms with Crippen molar-refractivity contribution >= 4 is 33.3 Å². The number of amides is 2. The van der Waals surface area contributed by atoms with Crippen LogP contribution in [0.1, 0.15) is 5.69 Å². The number of anilines is 2. The molecule has 0 fully saturated rings. The maximum Gasteiger partial charge on any atom is 0.323 e. The smallest absolute Gasteiger partial charge is 0.323 e. The number of ether oxygens (including phenoxy) is 1. The van der Waals surface area contributed by atoms with Gasteiger partial charge in [0, 0.05) is 5.69 Å². The molecule has 0 aliphatic rings. The number of aromatic nitrogens is 1. The SMILES string of the molecule is COc1ccc(NC(=O)Nc2ccc(Br)nc2C)cc1. The van der Waals surface area contributed by atoms with Crippen LogP contribution in [0.4, 0.5) is 16.2 Å². The summed E-state index contributed by atoms with van der Waals surface area (Å²) in [4.78, 5) is 16.1. The largest absolute Gasteiger partial charge is 0.497 e. The van der Waals surface area contributed by atoms with E-state index in [9.17, 15) is 4.79 Å². The minimum atomic E-state index is -0.317. The molecule has 1 heterocycles. The van der Waals surface area contributed by atoms with E-state index in [-0.39, 0.29) is 6.03 Å². The number of hydrogen-bond acceptors (Lipinski definition) is 3. The minimum absolute atomic E-state index is 0.317. The highest BCUT2D eigenvalue weighted by atomic mass is 79.9. The predicted octanol–water partition coefficient (Wildman–Crippen LogP) is 3.81. The number of carbonyl (C=O) groups excluding carboxylic acids is 1. The Hall–Kier alpha value is -2.08. The van der Waals surface area contributed by atoms with E-state index in [1.807, 2.05) is 6.92 Å². The maximum absolute atomic E-state index is 11.9. The number of halogens is 1. The van der Waals surface area contributed by atoms with Crippen molar-refractivity contribution < 1.29 is 9.53 Å². The van der Waals surface area contributed by atoms with Crippen molar-refractivity contribution in [3.8, 4) is 5.75 Å². The first-order chi connectivity index (χ1) is 9.58. The molecule has 0 spiro atoms. The third-order valence-corrected chi connectivity index (χ3v) is 3.09. The average molecular weight is 336 g/mol. The zero-order valence-electron chi connectivity index (χ0n) is 11.1. The number of urea groups is 1. The number of rotatable bonds is 3. The number of nitrogens with zero attached hydrogens (tertiary/aromatic N) is 1. The van der Waals surface area contributed by atoms with Crippen molar-refractivity contribution in [3.05, 3.63) is 46.7 Å². The Labute approximate surface area is 125 Å². The Morgan fingerprint density at radius 2 is 1.85 bits per heavy atom. The molecule has 2 amide bonds. The first-order valence-electron chi connectivity index (χ1n) is 5.93. The number of aryl methyl sites for hydroxylation is 1. The molecule has 0 bridgehead atoms. The zero-order valence-corrected chi connectivity index (χ0v) is 12.7. The monoisotopic (exact) mass is 335 g/mol. The van der Waals surface area contributed by atoms with Gasteiger partial charge in [-0.15, -0.1) is 0 Å². The summed E-state index contributed by atoms with van der Waals surface area (Å²) < 4.78 is 5.79. The van der Waals surface area contributed by atoms with E-state index in [0.717, 1.165) is 16.0 Å². The van der Waals surface area contributed by atoms with Crippen LogP contribution in [0.2, 0.25) is 0 Å². The van der Waals surface area contributed by atoms with Crippen molar-refractivity contribution in [2.24, 2.45) is 0 Å². The van der Waals surface area contributed by atoms with E-state index in [2.05, 4.69) is 31.5 Å². The first-order valence-corrected chi connectivity index (χ1v) is 6.73. The predicted molar refractivity (Wildman–Crippen MR) is 82.3 cm³/mol. The fourth-order valence-electron chi connectivity index (χ4n) is 1.62. The number of methoxy groups -OCH3 is 1. The molecule has 1 aromatic heterocycles. The summed E-state index contributed by atoms with van der Waals surface area (Å²) in [5.74, 6) is 0.740. The lowest BCUT2D eigenvalue weighted by Gasteiger charge is -2.10. The van der Waals surface area contributed by atoms with Crippen LogP contribution in [0, 0.1) is 6.92 Å². The lowest BCUT2D eigenvalue weighted by Crippen LogP contribution is -2.20. The van der Waals surface area contributed by atoms with Crippen molar-refractivity contribution in [2.75, 3.05) is 17.7 Å².